The van der Waals surface area contributed by atoms with Crippen LogP contribution in [-0.4, -0.2) is 17.0 Å². The number of oxime groups is 1. The Kier molecular flexibility index (Phi) is 5.36. The summed E-state index contributed by atoms with van der Waals surface area (Å²) in [5, 5.41) is 14.7. The summed E-state index contributed by atoms with van der Waals surface area (Å²) in [6, 6.07) is 8.58. The van der Waals surface area contributed by atoms with Crippen molar-refractivity contribution in [2.45, 2.75) is 26.8 Å². The number of benzene rings is 1. The smallest absolute Gasteiger partial charge is 0.223 e. The molecule has 104 valence electrons. The molecule has 1 amide bonds. The number of rotatable bonds is 5. The van der Waals surface area contributed by atoms with Crippen LogP contribution in [0.2, 0.25) is 0 Å². The van der Waals surface area contributed by atoms with Gasteiger partial charge in [0.05, 0.1) is 0 Å². The Hall–Kier alpha value is -2.04. The molecule has 0 bridgehead atoms. The van der Waals surface area contributed by atoms with Gasteiger partial charge in [-0.25, -0.2) is 0 Å². The molecule has 0 aliphatic heterocycles. The van der Waals surface area contributed by atoms with Crippen molar-refractivity contribution in [3.05, 3.63) is 35.9 Å². The van der Waals surface area contributed by atoms with Gasteiger partial charge in [-0.2, -0.15) is 0 Å². The number of hydrogen-bond acceptors (Lipinski definition) is 3. The van der Waals surface area contributed by atoms with Crippen molar-refractivity contribution < 1.29 is 10.0 Å². The van der Waals surface area contributed by atoms with Crippen molar-refractivity contribution in [1.82, 2.24) is 5.32 Å². The van der Waals surface area contributed by atoms with E-state index in [4.69, 9.17) is 10.9 Å². The summed E-state index contributed by atoms with van der Waals surface area (Å²) in [5.41, 5.74) is 6.44. The lowest BCUT2D eigenvalue weighted by atomic mass is 9.96. The maximum absolute atomic E-state index is 12.1. The molecule has 4 N–H and O–H groups in total. The van der Waals surface area contributed by atoms with Crippen LogP contribution in [0.1, 0.15) is 32.4 Å². The highest BCUT2D eigenvalue weighted by molar-refractivity contribution is 5.91. The van der Waals surface area contributed by atoms with Crippen LogP contribution in [0, 0.1) is 11.8 Å². The molecule has 1 rings (SSSR count). The first kappa shape index (κ1) is 15.0. The highest BCUT2D eigenvalue weighted by atomic mass is 16.4. The van der Waals surface area contributed by atoms with Crippen LogP contribution in [0.5, 0.6) is 0 Å². The Labute approximate surface area is 113 Å². The number of carbonyl (C=O) groups excluding carboxylic acids is 1. The number of amidine groups is 1. The summed E-state index contributed by atoms with van der Waals surface area (Å²) in [6.07, 6.45) is 0. The van der Waals surface area contributed by atoms with Crippen LogP contribution in [-0.2, 0) is 4.79 Å². The molecule has 0 saturated carbocycles. The molecule has 5 nitrogen and oxygen atoms in total. The second kappa shape index (κ2) is 6.78. The molecule has 0 radical (unpaired) electrons. The van der Waals surface area contributed by atoms with E-state index in [-0.39, 0.29) is 23.6 Å². The molecule has 19 heavy (non-hydrogen) atoms. The van der Waals surface area contributed by atoms with Gasteiger partial charge in [-0.05, 0) is 11.5 Å². The lowest BCUT2D eigenvalue weighted by Crippen LogP contribution is -2.41. The van der Waals surface area contributed by atoms with Crippen molar-refractivity contribution in [2.24, 2.45) is 22.7 Å². The van der Waals surface area contributed by atoms with Crippen LogP contribution in [0.3, 0.4) is 0 Å². The average molecular weight is 263 g/mol. The fourth-order valence-corrected chi connectivity index (χ4v) is 1.61. The third kappa shape index (κ3) is 3.98. The van der Waals surface area contributed by atoms with E-state index in [1.54, 1.807) is 0 Å². The molecule has 0 heterocycles. The molecule has 2 atom stereocenters. The second-order valence-corrected chi connectivity index (χ2v) is 4.91. The number of nitrogens with zero attached hydrogens (tertiary/aromatic N) is 1. The van der Waals surface area contributed by atoms with Gasteiger partial charge in [0.25, 0.3) is 0 Å². The lowest BCUT2D eigenvalue weighted by molar-refractivity contribution is -0.126. The first-order chi connectivity index (χ1) is 8.97. The summed E-state index contributed by atoms with van der Waals surface area (Å²) in [4.78, 5) is 12.1. The monoisotopic (exact) mass is 263 g/mol. The Balaban J connectivity index is 2.92. The molecular formula is C14H21N3O2. The zero-order valence-corrected chi connectivity index (χ0v) is 11.5. The number of nitrogens with two attached hydrogens (primary N) is 1. The standard InChI is InChI=1S/C14H21N3O2/c1-9(2)10(3)14(18)16-12(13(15)17-19)11-7-5-4-6-8-11/h4-10,12,19H,1-3H3,(H2,15,17)(H,16,18). The van der Waals surface area contributed by atoms with Gasteiger partial charge in [-0.3, -0.25) is 4.79 Å². The third-order valence-corrected chi connectivity index (χ3v) is 3.24. The van der Waals surface area contributed by atoms with E-state index in [9.17, 15) is 4.79 Å². The van der Waals surface area contributed by atoms with Gasteiger partial charge in [0.15, 0.2) is 5.84 Å². The topological polar surface area (TPSA) is 87.7 Å². The molecule has 0 aliphatic rings. The van der Waals surface area contributed by atoms with Crippen molar-refractivity contribution in [1.29, 1.82) is 0 Å². The summed E-state index contributed by atoms with van der Waals surface area (Å²) in [5.74, 6) is -0.0626. The largest absolute Gasteiger partial charge is 0.409 e. The molecule has 0 saturated heterocycles. The Morgan fingerprint density at radius 2 is 1.84 bits per heavy atom. The zero-order chi connectivity index (χ0) is 14.4. The van der Waals surface area contributed by atoms with E-state index in [1.165, 1.54) is 0 Å². The van der Waals surface area contributed by atoms with Crippen LogP contribution in [0.4, 0.5) is 0 Å². The SMILES string of the molecule is CC(C)C(C)C(=O)NC(C(N)=NO)c1ccccc1. The molecule has 1 aromatic rings. The molecule has 0 fully saturated rings. The maximum atomic E-state index is 12.1. The van der Waals surface area contributed by atoms with Crippen LogP contribution in [0.15, 0.2) is 35.5 Å². The predicted octanol–water partition coefficient (Wildman–Crippen LogP) is 1.88. The van der Waals surface area contributed by atoms with Gasteiger partial charge in [0.1, 0.15) is 6.04 Å². The third-order valence-electron chi connectivity index (χ3n) is 3.24. The number of amides is 1. The van der Waals surface area contributed by atoms with Gasteiger partial charge >= 0.3 is 0 Å². The highest BCUT2D eigenvalue weighted by Gasteiger charge is 2.23. The number of carbonyl (C=O) groups is 1. The Morgan fingerprint density at radius 3 is 2.32 bits per heavy atom. The normalized spacial score (nSPS) is 15.1. The first-order valence-corrected chi connectivity index (χ1v) is 6.30. The van der Waals surface area contributed by atoms with Gasteiger partial charge < -0.3 is 16.3 Å². The first-order valence-electron chi connectivity index (χ1n) is 6.30. The van der Waals surface area contributed by atoms with Crippen LogP contribution < -0.4 is 11.1 Å². The van der Waals surface area contributed by atoms with Gasteiger partial charge in [-0.1, -0.05) is 56.3 Å². The molecular weight excluding hydrogens is 242 g/mol. The Morgan fingerprint density at radius 1 is 1.26 bits per heavy atom. The minimum absolute atomic E-state index is 0.0319. The van der Waals surface area contributed by atoms with E-state index in [1.807, 2.05) is 51.1 Å². The fourth-order valence-electron chi connectivity index (χ4n) is 1.61. The molecule has 0 aromatic heterocycles. The summed E-state index contributed by atoms with van der Waals surface area (Å²) >= 11 is 0. The van der Waals surface area contributed by atoms with Crippen molar-refractivity contribution in [3.8, 4) is 0 Å². The zero-order valence-electron chi connectivity index (χ0n) is 11.5. The van der Waals surface area contributed by atoms with E-state index < -0.39 is 6.04 Å². The summed E-state index contributed by atoms with van der Waals surface area (Å²) in [6.45, 7) is 5.81. The van der Waals surface area contributed by atoms with E-state index in [0.717, 1.165) is 5.56 Å². The van der Waals surface area contributed by atoms with Crippen molar-refractivity contribution in [3.63, 3.8) is 0 Å². The van der Waals surface area contributed by atoms with Crippen molar-refractivity contribution in [2.75, 3.05) is 0 Å². The highest BCUT2D eigenvalue weighted by Crippen LogP contribution is 2.16. The van der Waals surface area contributed by atoms with Crippen LogP contribution >= 0.6 is 0 Å². The second-order valence-electron chi connectivity index (χ2n) is 4.91. The fraction of sp³-hybridized carbons (Fsp3) is 0.429. The molecule has 1 aromatic carbocycles. The lowest BCUT2D eigenvalue weighted by Gasteiger charge is -2.22. The minimum atomic E-state index is -0.611. The minimum Gasteiger partial charge on any atom is -0.409 e. The van der Waals surface area contributed by atoms with Crippen LogP contribution in [0.25, 0.3) is 0 Å². The maximum Gasteiger partial charge on any atom is 0.223 e. The van der Waals surface area contributed by atoms with Gasteiger partial charge in [0, 0.05) is 5.92 Å². The van der Waals surface area contributed by atoms with E-state index in [0.29, 0.717) is 0 Å². The molecule has 0 spiro atoms. The summed E-state index contributed by atoms with van der Waals surface area (Å²) < 4.78 is 0. The van der Waals surface area contributed by atoms with Gasteiger partial charge in [0.2, 0.25) is 5.91 Å². The molecule has 2 unspecified atom stereocenters. The van der Waals surface area contributed by atoms with Crippen molar-refractivity contribution >= 4 is 11.7 Å². The molecule has 5 heteroatoms. The molecule has 0 aliphatic carbocycles. The number of hydrogen-bond donors (Lipinski definition) is 3. The predicted molar refractivity (Wildman–Crippen MR) is 74.7 cm³/mol. The van der Waals surface area contributed by atoms with E-state index in [2.05, 4.69) is 10.5 Å². The average Bonchev–Trinajstić information content (AvgIpc) is 2.43. The van der Waals surface area contributed by atoms with E-state index >= 15 is 0 Å². The summed E-state index contributed by atoms with van der Waals surface area (Å²) in [7, 11) is 0. The quantitative estimate of drug-likeness (QED) is 0.328. The Bertz CT molecular complexity index is 443. The number of nitrogens with one attached hydrogen (secondary N) is 1. The van der Waals surface area contributed by atoms with Gasteiger partial charge in [-0.15, -0.1) is 0 Å².